The minimum absolute atomic E-state index is 0.315. The summed E-state index contributed by atoms with van der Waals surface area (Å²) in [6.45, 7) is 2.26. The highest BCUT2D eigenvalue weighted by molar-refractivity contribution is 6.37. The molecule has 0 atom stereocenters. The monoisotopic (exact) mass is 437 g/mol. The van der Waals surface area contributed by atoms with E-state index in [1.807, 2.05) is 37.3 Å². The van der Waals surface area contributed by atoms with Gasteiger partial charge in [-0.3, -0.25) is 4.99 Å². The Kier molecular flexibility index (Phi) is 6.67. The van der Waals surface area contributed by atoms with Gasteiger partial charge in [0.05, 0.1) is 15.7 Å². The second kappa shape index (κ2) is 8.99. The molecule has 0 fully saturated rings. The summed E-state index contributed by atoms with van der Waals surface area (Å²) in [5.41, 5.74) is 3.44. The van der Waals surface area contributed by atoms with Crippen LogP contribution in [0.5, 0.6) is 5.75 Å². The van der Waals surface area contributed by atoms with E-state index in [1.54, 1.807) is 30.5 Å². The smallest absolute Gasteiger partial charge is 0.157 e. The van der Waals surface area contributed by atoms with Crippen LogP contribution in [0.25, 0.3) is 0 Å². The molecular weight excluding hydrogens is 424 g/mol. The highest BCUT2D eigenvalue weighted by Gasteiger charge is 2.10. The SMILES string of the molecule is Cc1ccc(N=Cc2cc(Cl)c(OCc3cccc(Cl)c3)c(Cl)c2)cc1Cl. The van der Waals surface area contributed by atoms with Gasteiger partial charge in [0, 0.05) is 16.3 Å². The molecule has 0 amide bonds. The molecule has 0 unspecified atom stereocenters. The molecule has 3 rings (SSSR count). The number of nitrogens with zero attached hydrogens (tertiary/aromatic N) is 1. The van der Waals surface area contributed by atoms with Gasteiger partial charge in [-0.2, -0.15) is 0 Å². The van der Waals surface area contributed by atoms with Crippen molar-refractivity contribution < 1.29 is 4.74 Å². The molecule has 0 spiro atoms. The second-order valence-electron chi connectivity index (χ2n) is 5.92. The lowest BCUT2D eigenvalue weighted by Gasteiger charge is -2.11. The average molecular weight is 439 g/mol. The summed E-state index contributed by atoms with van der Waals surface area (Å²) in [4.78, 5) is 4.41. The van der Waals surface area contributed by atoms with Crippen LogP contribution in [0.15, 0.2) is 59.6 Å². The van der Waals surface area contributed by atoms with Crippen molar-refractivity contribution in [2.75, 3.05) is 0 Å². The van der Waals surface area contributed by atoms with Crippen molar-refractivity contribution in [2.24, 2.45) is 4.99 Å². The molecule has 138 valence electrons. The number of hydrogen-bond donors (Lipinski definition) is 0. The van der Waals surface area contributed by atoms with E-state index in [4.69, 9.17) is 51.1 Å². The lowest BCUT2D eigenvalue weighted by Crippen LogP contribution is -1.97. The quantitative estimate of drug-likeness (QED) is 0.370. The maximum atomic E-state index is 6.34. The van der Waals surface area contributed by atoms with Crippen molar-refractivity contribution in [3.8, 4) is 5.75 Å². The Hall–Kier alpha value is -1.71. The van der Waals surface area contributed by atoms with Crippen LogP contribution in [0.2, 0.25) is 20.1 Å². The molecule has 27 heavy (non-hydrogen) atoms. The van der Waals surface area contributed by atoms with Crippen LogP contribution in [-0.2, 0) is 6.61 Å². The van der Waals surface area contributed by atoms with E-state index >= 15 is 0 Å². The molecule has 3 aromatic carbocycles. The molecule has 0 aliphatic rings. The van der Waals surface area contributed by atoms with E-state index < -0.39 is 0 Å². The molecule has 0 saturated heterocycles. The largest absolute Gasteiger partial charge is 0.486 e. The molecule has 0 bridgehead atoms. The predicted molar refractivity (Wildman–Crippen MR) is 116 cm³/mol. The van der Waals surface area contributed by atoms with Crippen molar-refractivity contribution >= 4 is 58.3 Å². The molecule has 2 nitrogen and oxygen atoms in total. The number of hydrogen-bond acceptors (Lipinski definition) is 2. The van der Waals surface area contributed by atoms with Gasteiger partial charge in [-0.25, -0.2) is 0 Å². The number of benzene rings is 3. The standard InChI is InChI=1S/C21H15Cl4NO/c1-13-5-6-17(10-18(13)23)26-11-15-8-19(24)21(20(25)9-15)27-12-14-3-2-4-16(22)7-14/h2-11H,12H2,1H3. The van der Waals surface area contributed by atoms with Gasteiger partial charge in [0.1, 0.15) is 6.61 Å². The molecule has 0 N–H and O–H groups in total. The fraction of sp³-hybridized carbons (Fsp3) is 0.0952. The summed E-state index contributed by atoms with van der Waals surface area (Å²) in [6, 6.07) is 16.5. The van der Waals surface area contributed by atoms with Crippen LogP contribution in [-0.4, -0.2) is 6.21 Å². The summed E-state index contributed by atoms with van der Waals surface area (Å²) in [5, 5.41) is 2.14. The van der Waals surface area contributed by atoms with Gasteiger partial charge in [0.15, 0.2) is 5.75 Å². The number of ether oxygens (including phenoxy) is 1. The number of aliphatic imine (C=N–C) groups is 1. The number of rotatable bonds is 5. The Morgan fingerprint density at radius 3 is 2.30 bits per heavy atom. The summed E-state index contributed by atoms with van der Waals surface area (Å²) in [6.07, 6.45) is 1.68. The first kappa shape index (κ1) is 20.0. The Balaban J connectivity index is 1.75. The fourth-order valence-corrected chi connectivity index (χ4v) is 3.39. The topological polar surface area (TPSA) is 21.6 Å². The van der Waals surface area contributed by atoms with Crippen LogP contribution in [0.3, 0.4) is 0 Å². The van der Waals surface area contributed by atoms with E-state index in [-0.39, 0.29) is 0 Å². The Morgan fingerprint density at radius 1 is 0.889 bits per heavy atom. The molecule has 6 heteroatoms. The van der Waals surface area contributed by atoms with Gasteiger partial charge < -0.3 is 4.74 Å². The third-order valence-corrected chi connectivity index (χ3v) is 5.01. The first-order chi connectivity index (χ1) is 12.9. The lowest BCUT2D eigenvalue weighted by molar-refractivity contribution is 0.306. The Bertz CT molecular complexity index is 978. The van der Waals surface area contributed by atoms with E-state index in [9.17, 15) is 0 Å². The molecule has 3 aromatic rings. The van der Waals surface area contributed by atoms with Crippen molar-refractivity contribution in [3.63, 3.8) is 0 Å². The maximum absolute atomic E-state index is 6.34. The van der Waals surface area contributed by atoms with E-state index in [0.717, 1.165) is 22.4 Å². The summed E-state index contributed by atoms with van der Waals surface area (Å²) in [5.74, 6) is 0.425. The van der Waals surface area contributed by atoms with E-state index in [2.05, 4.69) is 4.99 Å². The normalized spacial score (nSPS) is 11.1. The summed E-state index contributed by atoms with van der Waals surface area (Å²) in [7, 11) is 0. The average Bonchev–Trinajstić information content (AvgIpc) is 2.62. The predicted octanol–water partition coefficient (Wildman–Crippen LogP) is 7.94. The molecule has 0 radical (unpaired) electrons. The minimum atomic E-state index is 0.315. The van der Waals surface area contributed by atoms with Gasteiger partial charge in [0.25, 0.3) is 0 Å². The highest BCUT2D eigenvalue weighted by Crippen LogP contribution is 2.34. The van der Waals surface area contributed by atoms with Crippen molar-refractivity contribution in [1.29, 1.82) is 0 Å². The molecule has 0 aliphatic carbocycles. The van der Waals surface area contributed by atoms with E-state index in [1.165, 1.54) is 0 Å². The lowest BCUT2D eigenvalue weighted by atomic mass is 10.2. The van der Waals surface area contributed by atoms with Crippen LogP contribution in [0.1, 0.15) is 16.7 Å². The van der Waals surface area contributed by atoms with Crippen molar-refractivity contribution in [2.45, 2.75) is 13.5 Å². The first-order valence-electron chi connectivity index (χ1n) is 8.09. The minimum Gasteiger partial charge on any atom is -0.486 e. The highest BCUT2D eigenvalue weighted by atomic mass is 35.5. The molecular formula is C21H15Cl4NO. The summed E-state index contributed by atoms with van der Waals surface area (Å²) >= 11 is 24.8. The molecule has 0 heterocycles. The van der Waals surface area contributed by atoms with Gasteiger partial charge in [-0.15, -0.1) is 0 Å². The molecule has 0 saturated carbocycles. The van der Waals surface area contributed by atoms with Gasteiger partial charge in [-0.1, -0.05) is 64.6 Å². The van der Waals surface area contributed by atoms with Gasteiger partial charge in [0.2, 0.25) is 0 Å². The summed E-state index contributed by atoms with van der Waals surface area (Å²) < 4.78 is 5.77. The zero-order valence-electron chi connectivity index (χ0n) is 14.3. The second-order valence-corrected chi connectivity index (χ2v) is 7.58. The van der Waals surface area contributed by atoms with Crippen molar-refractivity contribution in [3.05, 3.63) is 91.4 Å². The number of halogens is 4. The zero-order chi connectivity index (χ0) is 19.4. The Morgan fingerprint density at radius 2 is 1.63 bits per heavy atom. The Labute approximate surface area is 178 Å². The third-order valence-electron chi connectivity index (χ3n) is 3.81. The third kappa shape index (κ3) is 5.40. The van der Waals surface area contributed by atoms with E-state index in [0.29, 0.717) is 32.4 Å². The van der Waals surface area contributed by atoms with Crippen LogP contribution in [0, 0.1) is 6.92 Å². The number of aryl methyl sites for hydroxylation is 1. The van der Waals surface area contributed by atoms with Crippen LogP contribution < -0.4 is 4.74 Å². The van der Waals surface area contributed by atoms with Crippen molar-refractivity contribution in [1.82, 2.24) is 0 Å². The fourth-order valence-electron chi connectivity index (χ4n) is 2.39. The van der Waals surface area contributed by atoms with Gasteiger partial charge in [-0.05, 0) is 60.0 Å². The van der Waals surface area contributed by atoms with Crippen LogP contribution in [0.4, 0.5) is 5.69 Å². The van der Waals surface area contributed by atoms with Gasteiger partial charge >= 0.3 is 0 Å². The zero-order valence-corrected chi connectivity index (χ0v) is 17.4. The van der Waals surface area contributed by atoms with Crippen LogP contribution >= 0.6 is 46.4 Å². The molecule has 0 aliphatic heterocycles. The maximum Gasteiger partial charge on any atom is 0.157 e. The molecule has 0 aromatic heterocycles. The first-order valence-corrected chi connectivity index (χ1v) is 9.60.